The highest BCUT2D eigenvalue weighted by atomic mass is 15.1. The SMILES string of the molecule is CC1CCN(C)C2=C1CCC2. The zero-order valence-electron chi connectivity index (χ0n) is 7.56. The van der Waals surface area contributed by atoms with Gasteiger partial charge in [-0.1, -0.05) is 6.92 Å². The summed E-state index contributed by atoms with van der Waals surface area (Å²) >= 11 is 0. The molecule has 1 aliphatic heterocycles. The fraction of sp³-hybridized carbons (Fsp3) is 0.800. The Labute approximate surface area is 69.1 Å². The molecule has 0 aromatic heterocycles. The molecule has 0 saturated carbocycles. The van der Waals surface area contributed by atoms with Gasteiger partial charge < -0.3 is 4.90 Å². The molecule has 0 aromatic rings. The Morgan fingerprint density at radius 2 is 2.18 bits per heavy atom. The van der Waals surface area contributed by atoms with Gasteiger partial charge in [0, 0.05) is 19.3 Å². The van der Waals surface area contributed by atoms with E-state index in [-0.39, 0.29) is 0 Å². The first-order chi connectivity index (χ1) is 5.29. The van der Waals surface area contributed by atoms with Crippen LogP contribution in [0.4, 0.5) is 0 Å². The van der Waals surface area contributed by atoms with Crippen molar-refractivity contribution in [2.45, 2.75) is 32.6 Å². The molecule has 0 aromatic carbocycles. The van der Waals surface area contributed by atoms with E-state index in [9.17, 15) is 0 Å². The summed E-state index contributed by atoms with van der Waals surface area (Å²) in [6, 6.07) is 0. The van der Waals surface area contributed by atoms with Gasteiger partial charge in [0.05, 0.1) is 0 Å². The first-order valence-corrected chi connectivity index (χ1v) is 4.72. The Hall–Kier alpha value is -0.460. The van der Waals surface area contributed by atoms with Crippen molar-refractivity contribution in [2.24, 2.45) is 5.92 Å². The molecular weight excluding hydrogens is 134 g/mol. The van der Waals surface area contributed by atoms with E-state index in [1.165, 1.54) is 32.2 Å². The molecule has 2 aliphatic rings. The predicted octanol–water partition coefficient (Wildman–Crippen LogP) is 2.40. The zero-order valence-corrected chi connectivity index (χ0v) is 7.56. The second-order valence-electron chi connectivity index (χ2n) is 3.94. The van der Waals surface area contributed by atoms with E-state index in [0.717, 1.165) is 5.92 Å². The van der Waals surface area contributed by atoms with Crippen LogP contribution in [0.1, 0.15) is 32.6 Å². The van der Waals surface area contributed by atoms with Gasteiger partial charge in [0.15, 0.2) is 0 Å². The minimum Gasteiger partial charge on any atom is -0.378 e. The van der Waals surface area contributed by atoms with Crippen molar-refractivity contribution in [2.75, 3.05) is 13.6 Å². The van der Waals surface area contributed by atoms with E-state index >= 15 is 0 Å². The maximum Gasteiger partial charge on any atom is 0.0177 e. The van der Waals surface area contributed by atoms with E-state index in [4.69, 9.17) is 0 Å². The Bertz CT molecular complexity index is 173. The van der Waals surface area contributed by atoms with Crippen LogP contribution in [0.5, 0.6) is 0 Å². The summed E-state index contributed by atoms with van der Waals surface area (Å²) in [4.78, 5) is 2.46. The molecule has 0 N–H and O–H groups in total. The molecule has 1 aliphatic carbocycles. The summed E-state index contributed by atoms with van der Waals surface area (Å²) in [7, 11) is 2.24. The van der Waals surface area contributed by atoms with Gasteiger partial charge in [-0.15, -0.1) is 0 Å². The van der Waals surface area contributed by atoms with E-state index in [0.29, 0.717) is 0 Å². The van der Waals surface area contributed by atoms with Crippen LogP contribution in [-0.2, 0) is 0 Å². The highest BCUT2D eigenvalue weighted by molar-refractivity contribution is 5.22. The predicted molar refractivity (Wildman–Crippen MR) is 47.3 cm³/mol. The Morgan fingerprint density at radius 3 is 2.91 bits per heavy atom. The molecule has 0 bridgehead atoms. The summed E-state index contributed by atoms with van der Waals surface area (Å²) in [5, 5.41) is 0. The highest BCUT2D eigenvalue weighted by Gasteiger charge is 2.25. The van der Waals surface area contributed by atoms with Crippen molar-refractivity contribution in [3.05, 3.63) is 11.3 Å². The lowest BCUT2D eigenvalue weighted by atomic mass is 9.93. The quantitative estimate of drug-likeness (QED) is 0.514. The largest absolute Gasteiger partial charge is 0.378 e. The van der Waals surface area contributed by atoms with Crippen LogP contribution >= 0.6 is 0 Å². The lowest BCUT2D eigenvalue weighted by Gasteiger charge is -2.31. The van der Waals surface area contributed by atoms with Crippen LogP contribution in [0.15, 0.2) is 11.3 Å². The molecule has 0 amide bonds. The van der Waals surface area contributed by atoms with Crippen LogP contribution in [-0.4, -0.2) is 18.5 Å². The maximum atomic E-state index is 2.46. The van der Waals surface area contributed by atoms with Crippen LogP contribution < -0.4 is 0 Å². The normalized spacial score (nSPS) is 31.1. The first-order valence-electron chi connectivity index (χ1n) is 4.72. The van der Waals surface area contributed by atoms with Gasteiger partial charge in [0.2, 0.25) is 0 Å². The Kier molecular flexibility index (Phi) is 1.67. The molecule has 1 atom stereocenters. The lowest BCUT2D eigenvalue weighted by molar-refractivity contribution is 0.340. The summed E-state index contributed by atoms with van der Waals surface area (Å²) in [5.74, 6) is 0.878. The summed E-state index contributed by atoms with van der Waals surface area (Å²) < 4.78 is 0. The monoisotopic (exact) mass is 151 g/mol. The third-order valence-electron chi connectivity index (χ3n) is 3.18. The molecule has 1 unspecified atom stereocenters. The van der Waals surface area contributed by atoms with Gasteiger partial charge in [-0.25, -0.2) is 0 Å². The lowest BCUT2D eigenvalue weighted by Crippen LogP contribution is -2.26. The molecule has 0 radical (unpaired) electrons. The standard InChI is InChI=1S/C10H17N/c1-8-6-7-11(2)10-5-3-4-9(8)10/h8H,3-7H2,1-2H3. The first kappa shape index (κ1) is 7.20. The summed E-state index contributed by atoms with van der Waals surface area (Å²) in [6.07, 6.45) is 5.49. The average Bonchev–Trinajstić information content (AvgIpc) is 2.45. The van der Waals surface area contributed by atoms with Crippen molar-refractivity contribution in [3.8, 4) is 0 Å². The summed E-state index contributed by atoms with van der Waals surface area (Å²) in [5.41, 5.74) is 3.43. The molecule has 62 valence electrons. The van der Waals surface area contributed by atoms with E-state index in [1.807, 2.05) is 0 Å². The Balaban J connectivity index is 2.27. The van der Waals surface area contributed by atoms with Crippen LogP contribution in [0.25, 0.3) is 0 Å². The smallest absolute Gasteiger partial charge is 0.0177 e. The average molecular weight is 151 g/mol. The molecule has 0 spiro atoms. The van der Waals surface area contributed by atoms with Gasteiger partial charge >= 0.3 is 0 Å². The Morgan fingerprint density at radius 1 is 1.36 bits per heavy atom. The molecule has 1 heteroatoms. The number of rotatable bonds is 0. The topological polar surface area (TPSA) is 3.24 Å². The highest BCUT2D eigenvalue weighted by Crippen LogP contribution is 2.37. The van der Waals surface area contributed by atoms with Gasteiger partial charge in [0.25, 0.3) is 0 Å². The minimum atomic E-state index is 0.878. The molecule has 2 rings (SSSR count). The molecular formula is C10H17N. The van der Waals surface area contributed by atoms with Crippen LogP contribution in [0.2, 0.25) is 0 Å². The number of hydrogen-bond acceptors (Lipinski definition) is 1. The summed E-state index contributed by atoms with van der Waals surface area (Å²) in [6.45, 7) is 3.66. The number of nitrogens with zero attached hydrogens (tertiary/aromatic N) is 1. The van der Waals surface area contributed by atoms with E-state index in [2.05, 4.69) is 18.9 Å². The maximum absolute atomic E-state index is 2.46. The molecule has 0 fully saturated rings. The molecule has 0 saturated heterocycles. The fourth-order valence-electron chi connectivity index (χ4n) is 2.41. The molecule has 1 heterocycles. The van der Waals surface area contributed by atoms with Crippen molar-refractivity contribution in [3.63, 3.8) is 0 Å². The fourth-order valence-corrected chi connectivity index (χ4v) is 2.41. The number of allylic oxidation sites excluding steroid dienone is 2. The van der Waals surface area contributed by atoms with Gasteiger partial charge in [0.1, 0.15) is 0 Å². The van der Waals surface area contributed by atoms with Crippen molar-refractivity contribution in [1.29, 1.82) is 0 Å². The zero-order chi connectivity index (χ0) is 7.84. The minimum absolute atomic E-state index is 0.878. The van der Waals surface area contributed by atoms with Gasteiger partial charge in [-0.05, 0) is 37.2 Å². The van der Waals surface area contributed by atoms with Crippen LogP contribution in [0, 0.1) is 5.92 Å². The molecule has 1 nitrogen and oxygen atoms in total. The third kappa shape index (κ3) is 1.07. The van der Waals surface area contributed by atoms with Crippen LogP contribution in [0.3, 0.4) is 0 Å². The van der Waals surface area contributed by atoms with E-state index in [1.54, 1.807) is 11.3 Å². The number of hydrogen-bond donors (Lipinski definition) is 0. The van der Waals surface area contributed by atoms with Gasteiger partial charge in [-0.3, -0.25) is 0 Å². The van der Waals surface area contributed by atoms with Crippen molar-refractivity contribution in [1.82, 2.24) is 4.90 Å². The van der Waals surface area contributed by atoms with Crippen molar-refractivity contribution < 1.29 is 0 Å². The van der Waals surface area contributed by atoms with Crippen molar-refractivity contribution >= 4 is 0 Å². The second-order valence-corrected chi connectivity index (χ2v) is 3.94. The van der Waals surface area contributed by atoms with E-state index < -0.39 is 0 Å². The third-order valence-corrected chi connectivity index (χ3v) is 3.18. The van der Waals surface area contributed by atoms with Gasteiger partial charge in [-0.2, -0.15) is 0 Å². The second kappa shape index (κ2) is 2.54. The molecule has 11 heavy (non-hydrogen) atoms.